The summed E-state index contributed by atoms with van der Waals surface area (Å²) < 4.78 is 11.1. The number of aromatic nitrogens is 4. The van der Waals surface area contributed by atoms with Crippen LogP contribution in [0.2, 0.25) is 10.0 Å². The zero-order chi connectivity index (χ0) is 32.6. The number of ketones is 1. The molecule has 0 saturated carbocycles. The molecule has 46 heavy (non-hydrogen) atoms. The van der Waals surface area contributed by atoms with Gasteiger partial charge in [0.15, 0.2) is 0 Å². The van der Waals surface area contributed by atoms with Crippen molar-refractivity contribution >= 4 is 34.9 Å². The molecule has 1 aliphatic heterocycles. The number of amides is 1. The van der Waals surface area contributed by atoms with E-state index >= 15 is 0 Å². The predicted molar refractivity (Wildman–Crippen MR) is 178 cm³/mol. The third-order valence-electron chi connectivity index (χ3n) is 7.91. The van der Waals surface area contributed by atoms with Crippen LogP contribution < -0.4 is 20.1 Å². The minimum absolute atomic E-state index is 0.112. The van der Waals surface area contributed by atoms with Crippen molar-refractivity contribution < 1.29 is 19.1 Å². The number of carbonyl (C=O) groups is 2. The first-order chi connectivity index (χ1) is 22.3. The van der Waals surface area contributed by atoms with Crippen LogP contribution in [0.15, 0.2) is 48.8 Å². The summed E-state index contributed by atoms with van der Waals surface area (Å²) in [4.78, 5) is 41.8. The molecular weight excluding hydrogens is 627 g/mol. The maximum Gasteiger partial charge on any atom is 0.237 e. The van der Waals surface area contributed by atoms with Crippen LogP contribution in [0.1, 0.15) is 50.4 Å². The molecule has 1 fully saturated rings. The van der Waals surface area contributed by atoms with Gasteiger partial charge < -0.3 is 20.1 Å². The molecule has 2 aromatic carbocycles. The van der Waals surface area contributed by atoms with Gasteiger partial charge in [-0.3, -0.25) is 19.6 Å². The fourth-order valence-corrected chi connectivity index (χ4v) is 6.05. The lowest BCUT2D eigenvalue weighted by atomic mass is 9.98. The zero-order valence-corrected chi connectivity index (χ0v) is 27.5. The molecule has 12 heteroatoms. The van der Waals surface area contributed by atoms with E-state index in [-0.39, 0.29) is 24.3 Å². The molecule has 0 bridgehead atoms. The van der Waals surface area contributed by atoms with Gasteiger partial charge in [0.25, 0.3) is 0 Å². The zero-order valence-electron chi connectivity index (χ0n) is 26.0. The van der Waals surface area contributed by atoms with Crippen LogP contribution in [0.25, 0.3) is 33.6 Å². The van der Waals surface area contributed by atoms with Crippen molar-refractivity contribution in [1.82, 2.24) is 30.6 Å². The van der Waals surface area contributed by atoms with Gasteiger partial charge in [0.2, 0.25) is 17.7 Å². The van der Waals surface area contributed by atoms with Crippen molar-refractivity contribution in [2.24, 2.45) is 0 Å². The number of aryl methyl sites for hydroxylation is 1. The van der Waals surface area contributed by atoms with Gasteiger partial charge >= 0.3 is 0 Å². The fourth-order valence-electron chi connectivity index (χ4n) is 5.40. The van der Waals surface area contributed by atoms with Gasteiger partial charge in [-0.15, -0.1) is 0 Å². The third-order valence-corrected chi connectivity index (χ3v) is 8.72. The lowest BCUT2D eigenvalue weighted by Crippen LogP contribution is -2.25. The summed E-state index contributed by atoms with van der Waals surface area (Å²) >= 11 is 14.0. The quantitative estimate of drug-likeness (QED) is 0.161. The molecule has 1 aliphatic rings. The van der Waals surface area contributed by atoms with Crippen LogP contribution >= 0.6 is 23.2 Å². The largest absolute Gasteiger partial charge is 0.480 e. The SMILES string of the molecule is CCC(=O)CNCc1ncc(-c2cccc(-c3cccc(-c4cnc(CCC[C@@H]5CCC(=O)N5)c(OC)n4)c3Cl)c2Cl)nc1OC. The third kappa shape index (κ3) is 7.63. The number of nitrogens with zero attached hydrogens (tertiary/aromatic N) is 4. The van der Waals surface area contributed by atoms with Crippen molar-refractivity contribution in [3.05, 3.63) is 70.2 Å². The van der Waals surface area contributed by atoms with Gasteiger partial charge in [-0.1, -0.05) is 66.5 Å². The Hall–Kier alpha value is -4.12. The molecule has 5 rings (SSSR count). The smallest absolute Gasteiger partial charge is 0.237 e. The Bertz CT molecular complexity index is 1730. The van der Waals surface area contributed by atoms with E-state index in [9.17, 15) is 9.59 Å². The molecule has 0 radical (unpaired) electrons. The number of ether oxygens (including phenoxy) is 2. The van der Waals surface area contributed by atoms with Gasteiger partial charge in [0.1, 0.15) is 17.2 Å². The van der Waals surface area contributed by atoms with Crippen LogP contribution in [0.5, 0.6) is 11.8 Å². The van der Waals surface area contributed by atoms with Crippen molar-refractivity contribution in [2.75, 3.05) is 20.8 Å². The van der Waals surface area contributed by atoms with Crippen LogP contribution in [0.4, 0.5) is 0 Å². The Kier molecular flexibility index (Phi) is 11.2. The van der Waals surface area contributed by atoms with E-state index in [0.29, 0.717) is 81.4 Å². The first-order valence-electron chi connectivity index (χ1n) is 15.2. The normalized spacial score (nSPS) is 14.3. The van der Waals surface area contributed by atoms with Crippen molar-refractivity contribution in [3.63, 3.8) is 0 Å². The topological polar surface area (TPSA) is 128 Å². The van der Waals surface area contributed by atoms with E-state index in [0.717, 1.165) is 30.5 Å². The highest BCUT2D eigenvalue weighted by Gasteiger charge is 2.22. The number of hydrogen-bond donors (Lipinski definition) is 2. The highest BCUT2D eigenvalue weighted by molar-refractivity contribution is 6.39. The maximum absolute atomic E-state index is 11.7. The van der Waals surface area contributed by atoms with Gasteiger partial charge in [0, 0.05) is 47.7 Å². The first kappa shape index (κ1) is 33.2. The Balaban J connectivity index is 1.38. The summed E-state index contributed by atoms with van der Waals surface area (Å²) in [5, 5.41) is 7.01. The molecular formula is C34H36Cl2N6O4. The second-order valence-corrected chi connectivity index (χ2v) is 11.7. The van der Waals surface area contributed by atoms with Gasteiger partial charge in [-0.25, -0.2) is 9.97 Å². The Morgan fingerprint density at radius 2 is 1.48 bits per heavy atom. The minimum atomic E-state index is 0.112. The van der Waals surface area contributed by atoms with Crippen LogP contribution in [0, 0.1) is 0 Å². The average molecular weight is 664 g/mol. The van der Waals surface area contributed by atoms with E-state index in [4.69, 9.17) is 37.7 Å². The molecule has 2 aromatic heterocycles. The Morgan fingerprint density at radius 3 is 2.02 bits per heavy atom. The van der Waals surface area contributed by atoms with Crippen LogP contribution in [-0.2, 0) is 22.6 Å². The van der Waals surface area contributed by atoms with Gasteiger partial charge in [0.05, 0.1) is 54.6 Å². The fraction of sp³-hybridized carbons (Fsp3) is 0.353. The predicted octanol–water partition coefficient (Wildman–Crippen LogP) is 6.26. The maximum atomic E-state index is 11.7. The first-order valence-corrected chi connectivity index (χ1v) is 16.0. The molecule has 10 nitrogen and oxygen atoms in total. The number of rotatable bonds is 14. The number of hydrogen-bond acceptors (Lipinski definition) is 9. The molecule has 4 aromatic rings. The lowest BCUT2D eigenvalue weighted by Gasteiger charge is -2.15. The lowest BCUT2D eigenvalue weighted by molar-refractivity contribution is -0.119. The summed E-state index contributed by atoms with van der Waals surface area (Å²) in [7, 11) is 3.10. The van der Waals surface area contributed by atoms with Crippen molar-refractivity contribution in [1.29, 1.82) is 0 Å². The number of carbonyl (C=O) groups excluding carboxylic acids is 2. The van der Waals surface area contributed by atoms with E-state index in [1.54, 1.807) is 19.5 Å². The molecule has 0 unspecified atom stereocenters. The standard InChI is InChI=1S/C34H36Cl2N6O4/c1-4-21(43)16-37-17-29-34(46-3)42-28(19-39-29)25-12-7-10-23(32(25)36)22-9-6-11-24(31(22)35)27-18-38-26(33(41-27)45-2)13-5-8-20-14-15-30(44)40-20/h6-7,9-12,18-20,37H,4-5,8,13-17H2,1-3H3,(H,40,44)/t20-/m1/s1. The Morgan fingerprint density at radius 1 is 0.913 bits per heavy atom. The number of Topliss-reactive ketones (excluding diaryl/α,β-unsaturated/α-hetero) is 1. The number of benzene rings is 2. The van der Waals surface area contributed by atoms with E-state index in [2.05, 4.69) is 25.6 Å². The molecule has 1 saturated heterocycles. The van der Waals surface area contributed by atoms with E-state index in [1.807, 2.05) is 43.3 Å². The highest BCUT2D eigenvalue weighted by atomic mass is 35.5. The minimum Gasteiger partial charge on any atom is -0.480 e. The molecule has 1 amide bonds. The summed E-state index contributed by atoms with van der Waals surface area (Å²) in [5.74, 6) is 1.02. The number of halogens is 2. The Labute approximate surface area is 278 Å². The van der Waals surface area contributed by atoms with Crippen LogP contribution in [0.3, 0.4) is 0 Å². The summed E-state index contributed by atoms with van der Waals surface area (Å²) in [6, 6.07) is 11.5. The monoisotopic (exact) mass is 662 g/mol. The summed E-state index contributed by atoms with van der Waals surface area (Å²) in [6.07, 6.45) is 7.69. The second kappa shape index (κ2) is 15.4. The molecule has 0 spiro atoms. The highest BCUT2D eigenvalue weighted by Crippen LogP contribution is 2.42. The van der Waals surface area contributed by atoms with Crippen molar-refractivity contribution in [3.8, 4) is 45.4 Å². The molecule has 240 valence electrons. The van der Waals surface area contributed by atoms with Crippen LogP contribution in [-0.4, -0.2) is 58.4 Å². The molecule has 2 N–H and O–H groups in total. The van der Waals surface area contributed by atoms with Gasteiger partial charge in [-0.05, 0) is 25.7 Å². The second-order valence-electron chi connectivity index (χ2n) is 10.9. The molecule has 1 atom stereocenters. The van der Waals surface area contributed by atoms with E-state index in [1.165, 1.54) is 7.11 Å². The summed E-state index contributed by atoms with van der Waals surface area (Å²) in [6.45, 7) is 2.42. The summed E-state index contributed by atoms with van der Waals surface area (Å²) in [5.41, 5.74) is 5.23. The van der Waals surface area contributed by atoms with E-state index < -0.39 is 0 Å². The molecule has 3 heterocycles. The molecule has 0 aliphatic carbocycles. The number of nitrogens with one attached hydrogen (secondary N) is 2. The number of methoxy groups -OCH3 is 2. The van der Waals surface area contributed by atoms with Crippen molar-refractivity contribution in [2.45, 2.75) is 58.0 Å². The van der Waals surface area contributed by atoms with Gasteiger partial charge in [-0.2, -0.15) is 0 Å². The average Bonchev–Trinajstić information content (AvgIpc) is 3.49.